The molecule has 88 valence electrons. The Morgan fingerprint density at radius 3 is 2.94 bits per heavy atom. The van der Waals surface area contributed by atoms with Crippen LogP contribution in [0.25, 0.3) is 11.0 Å². The van der Waals surface area contributed by atoms with E-state index < -0.39 is 0 Å². The molecule has 1 fully saturated rings. The van der Waals surface area contributed by atoms with Crippen molar-refractivity contribution < 1.29 is 4.79 Å². The fourth-order valence-electron chi connectivity index (χ4n) is 2.70. The summed E-state index contributed by atoms with van der Waals surface area (Å²) in [4.78, 5) is 16.3. The van der Waals surface area contributed by atoms with Gasteiger partial charge in [-0.05, 0) is 25.0 Å². The monoisotopic (exact) mass is 228 g/mol. The number of para-hydroxylation sites is 2. The smallest absolute Gasteiger partial charge is 0.136 e. The number of rotatable bonds is 2. The van der Waals surface area contributed by atoms with Crippen LogP contribution in [0.3, 0.4) is 0 Å². The van der Waals surface area contributed by atoms with Gasteiger partial charge in [0, 0.05) is 25.8 Å². The predicted molar refractivity (Wildman–Crippen MR) is 66.8 cm³/mol. The Balaban J connectivity index is 1.95. The molecule has 1 aromatic heterocycles. The summed E-state index contributed by atoms with van der Waals surface area (Å²) in [6.45, 7) is 0. The first kappa shape index (κ1) is 10.5. The molecular formula is C14H16N2O. The van der Waals surface area contributed by atoms with E-state index in [9.17, 15) is 4.79 Å². The Labute approximate surface area is 100 Å². The maximum absolute atomic E-state index is 11.7. The molecule has 1 heterocycles. The average molecular weight is 228 g/mol. The molecular weight excluding hydrogens is 212 g/mol. The van der Waals surface area contributed by atoms with Crippen LogP contribution in [-0.2, 0) is 18.3 Å². The summed E-state index contributed by atoms with van der Waals surface area (Å²) in [6, 6.07) is 8.12. The van der Waals surface area contributed by atoms with Gasteiger partial charge in [0.25, 0.3) is 0 Å². The second-order valence-corrected chi connectivity index (χ2v) is 4.84. The normalized spacial score (nSPS) is 20.3. The first-order valence-corrected chi connectivity index (χ1v) is 6.19. The summed E-state index contributed by atoms with van der Waals surface area (Å²) in [6.07, 6.45) is 3.63. The molecule has 1 atom stereocenters. The van der Waals surface area contributed by atoms with Crippen LogP contribution >= 0.6 is 0 Å². The molecule has 3 rings (SSSR count). The van der Waals surface area contributed by atoms with Crippen molar-refractivity contribution in [1.29, 1.82) is 0 Å². The van der Waals surface area contributed by atoms with Crippen LogP contribution in [0.15, 0.2) is 24.3 Å². The van der Waals surface area contributed by atoms with Crippen molar-refractivity contribution >= 4 is 16.8 Å². The van der Waals surface area contributed by atoms with Crippen molar-refractivity contribution in [2.24, 2.45) is 13.0 Å². The summed E-state index contributed by atoms with van der Waals surface area (Å²) in [5.74, 6) is 1.65. The fraction of sp³-hybridized carbons (Fsp3) is 0.429. The minimum Gasteiger partial charge on any atom is -0.331 e. The van der Waals surface area contributed by atoms with Gasteiger partial charge in [-0.1, -0.05) is 12.1 Å². The van der Waals surface area contributed by atoms with Crippen LogP contribution in [-0.4, -0.2) is 15.3 Å². The number of fused-ring (bicyclic) bond motifs is 1. The zero-order valence-electron chi connectivity index (χ0n) is 10.0. The molecule has 0 radical (unpaired) electrons. The van der Waals surface area contributed by atoms with Gasteiger partial charge in [-0.3, -0.25) is 4.79 Å². The Morgan fingerprint density at radius 2 is 2.24 bits per heavy atom. The molecule has 17 heavy (non-hydrogen) atoms. The van der Waals surface area contributed by atoms with Gasteiger partial charge in [-0.25, -0.2) is 4.98 Å². The molecule has 0 spiro atoms. The van der Waals surface area contributed by atoms with Crippen LogP contribution in [0.2, 0.25) is 0 Å². The van der Waals surface area contributed by atoms with E-state index in [1.807, 2.05) is 25.2 Å². The minimum absolute atomic E-state index is 0.200. The molecule has 1 aliphatic rings. The third-order valence-electron chi connectivity index (χ3n) is 3.74. The molecule has 0 saturated heterocycles. The van der Waals surface area contributed by atoms with Gasteiger partial charge in [0.05, 0.1) is 11.0 Å². The number of nitrogens with zero attached hydrogens (tertiary/aromatic N) is 2. The first-order valence-electron chi connectivity index (χ1n) is 6.19. The van der Waals surface area contributed by atoms with E-state index in [0.29, 0.717) is 5.78 Å². The summed E-state index contributed by atoms with van der Waals surface area (Å²) >= 11 is 0. The second kappa shape index (κ2) is 3.99. The quantitative estimate of drug-likeness (QED) is 0.791. The minimum atomic E-state index is 0.200. The second-order valence-electron chi connectivity index (χ2n) is 4.84. The number of hydrogen-bond acceptors (Lipinski definition) is 2. The van der Waals surface area contributed by atoms with E-state index in [4.69, 9.17) is 0 Å². The number of benzene rings is 1. The van der Waals surface area contributed by atoms with Gasteiger partial charge in [0.15, 0.2) is 0 Å². The number of carbonyl (C=O) groups excluding carboxylic acids is 1. The molecule has 0 aliphatic heterocycles. The van der Waals surface area contributed by atoms with E-state index in [-0.39, 0.29) is 5.92 Å². The summed E-state index contributed by atoms with van der Waals surface area (Å²) < 4.78 is 2.11. The van der Waals surface area contributed by atoms with E-state index >= 15 is 0 Å². The van der Waals surface area contributed by atoms with Crippen LogP contribution in [0, 0.1) is 5.92 Å². The summed E-state index contributed by atoms with van der Waals surface area (Å²) in [5.41, 5.74) is 2.17. The number of aryl methyl sites for hydroxylation is 1. The SMILES string of the molecule is Cn1c(CC2CCCC2=O)nc2ccccc21. The van der Waals surface area contributed by atoms with Gasteiger partial charge < -0.3 is 4.57 Å². The highest BCUT2D eigenvalue weighted by Crippen LogP contribution is 2.25. The highest BCUT2D eigenvalue weighted by atomic mass is 16.1. The van der Waals surface area contributed by atoms with Crippen LogP contribution in [0.1, 0.15) is 25.1 Å². The van der Waals surface area contributed by atoms with Crippen LogP contribution < -0.4 is 0 Å². The molecule has 1 aliphatic carbocycles. The molecule has 1 saturated carbocycles. The van der Waals surface area contributed by atoms with Crippen molar-refractivity contribution in [3.63, 3.8) is 0 Å². The lowest BCUT2D eigenvalue weighted by Crippen LogP contribution is -2.12. The first-order chi connectivity index (χ1) is 8.25. The largest absolute Gasteiger partial charge is 0.331 e. The lowest BCUT2D eigenvalue weighted by atomic mass is 10.0. The zero-order chi connectivity index (χ0) is 11.8. The van der Waals surface area contributed by atoms with Gasteiger partial charge in [0.2, 0.25) is 0 Å². The predicted octanol–water partition coefficient (Wildman–Crippen LogP) is 2.49. The number of hydrogen-bond donors (Lipinski definition) is 0. The molecule has 1 aromatic carbocycles. The molecule has 0 bridgehead atoms. The van der Waals surface area contributed by atoms with Gasteiger partial charge >= 0.3 is 0 Å². The highest BCUT2D eigenvalue weighted by molar-refractivity contribution is 5.83. The standard InChI is InChI=1S/C14H16N2O/c1-16-12-7-3-2-6-11(12)15-14(16)9-10-5-4-8-13(10)17/h2-3,6-7,10H,4-5,8-9H2,1H3. The fourth-order valence-corrected chi connectivity index (χ4v) is 2.70. The molecule has 0 N–H and O–H groups in total. The topological polar surface area (TPSA) is 34.9 Å². The van der Waals surface area contributed by atoms with Crippen molar-refractivity contribution in [2.75, 3.05) is 0 Å². The maximum Gasteiger partial charge on any atom is 0.136 e. The number of Topliss-reactive ketones (excluding diaryl/α,β-unsaturated/α-hetero) is 1. The number of imidazole rings is 1. The lowest BCUT2D eigenvalue weighted by molar-refractivity contribution is -0.120. The molecule has 2 aromatic rings. The van der Waals surface area contributed by atoms with Crippen molar-refractivity contribution in [3.05, 3.63) is 30.1 Å². The van der Waals surface area contributed by atoms with Gasteiger partial charge in [0.1, 0.15) is 11.6 Å². The van der Waals surface area contributed by atoms with Crippen molar-refractivity contribution in [3.8, 4) is 0 Å². The van der Waals surface area contributed by atoms with Crippen LogP contribution in [0.4, 0.5) is 0 Å². The highest BCUT2D eigenvalue weighted by Gasteiger charge is 2.26. The van der Waals surface area contributed by atoms with E-state index in [2.05, 4.69) is 15.6 Å². The molecule has 3 nitrogen and oxygen atoms in total. The Kier molecular flexibility index (Phi) is 2.46. The number of carbonyl (C=O) groups is 1. The summed E-state index contributed by atoms with van der Waals surface area (Å²) in [7, 11) is 2.03. The molecule has 3 heteroatoms. The number of ketones is 1. The van der Waals surface area contributed by atoms with Crippen molar-refractivity contribution in [1.82, 2.24) is 9.55 Å². The van der Waals surface area contributed by atoms with Crippen molar-refractivity contribution in [2.45, 2.75) is 25.7 Å². The third-order valence-corrected chi connectivity index (χ3v) is 3.74. The Bertz CT molecular complexity index is 571. The summed E-state index contributed by atoms with van der Waals surface area (Å²) in [5, 5.41) is 0. The van der Waals surface area contributed by atoms with E-state index in [1.165, 1.54) is 0 Å². The van der Waals surface area contributed by atoms with Gasteiger partial charge in [-0.15, -0.1) is 0 Å². The van der Waals surface area contributed by atoms with Crippen LogP contribution in [0.5, 0.6) is 0 Å². The zero-order valence-corrected chi connectivity index (χ0v) is 10.0. The maximum atomic E-state index is 11.7. The number of aromatic nitrogens is 2. The van der Waals surface area contributed by atoms with E-state index in [1.54, 1.807) is 0 Å². The third kappa shape index (κ3) is 1.75. The molecule has 0 amide bonds. The van der Waals surface area contributed by atoms with Gasteiger partial charge in [-0.2, -0.15) is 0 Å². The Morgan fingerprint density at radius 1 is 1.41 bits per heavy atom. The van der Waals surface area contributed by atoms with E-state index in [0.717, 1.165) is 42.5 Å². The average Bonchev–Trinajstić information content (AvgIpc) is 2.87. The lowest BCUT2D eigenvalue weighted by Gasteiger charge is -2.07. The Hall–Kier alpha value is -1.64. The molecule has 1 unspecified atom stereocenters.